The topological polar surface area (TPSA) is 76.4 Å². The zero-order valence-electron chi connectivity index (χ0n) is 13.9. The maximum absolute atomic E-state index is 12.3. The Morgan fingerprint density at radius 3 is 2.73 bits per heavy atom. The van der Waals surface area contributed by atoms with Crippen molar-refractivity contribution in [1.82, 2.24) is 9.78 Å². The Labute approximate surface area is 158 Å². The Balaban J connectivity index is 1.78. The number of methoxy groups -OCH3 is 1. The number of carbonyl (C=O) groups is 1. The summed E-state index contributed by atoms with van der Waals surface area (Å²) in [6.45, 7) is 0. The van der Waals surface area contributed by atoms with Gasteiger partial charge in [-0.3, -0.25) is 4.79 Å². The van der Waals surface area contributed by atoms with Crippen molar-refractivity contribution in [2.24, 2.45) is 0 Å². The minimum atomic E-state index is -0.181. The largest absolute Gasteiger partial charge is 0.504 e. The van der Waals surface area contributed by atoms with Crippen molar-refractivity contribution < 1.29 is 14.6 Å². The minimum absolute atomic E-state index is 0.0535. The summed E-state index contributed by atoms with van der Waals surface area (Å²) < 4.78 is 7.79. The summed E-state index contributed by atoms with van der Waals surface area (Å²) in [7, 11) is 1.50. The number of fused-ring (bicyclic) bond motifs is 1. The van der Waals surface area contributed by atoms with Gasteiger partial charge in [-0.05, 0) is 42.0 Å². The summed E-state index contributed by atoms with van der Waals surface area (Å²) in [5.41, 5.74) is 2.61. The third kappa shape index (κ3) is 2.84. The Hall–Kier alpha value is -2.80. The number of anilines is 1. The SMILES string of the molecule is COc1ccc([C@@H]2CC(=O)Nc3c2cnn3-c2ccc(Br)cc2)cc1O. The van der Waals surface area contributed by atoms with Crippen LogP contribution in [0.1, 0.15) is 23.5 Å². The molecule has 26 heavy (non-hydrogen) atoms. The lowest BCUT2D eigenvalue weighted by Gasteiger charge is -2.24. The van der Waals surface area contributed by atoms with E-state index in [4.69, 9.17) is 4.74 Å². The van der Waals surface area contributed by atoms with Crippen molar-refractivity contribution in [2.75, 3.05) is 12.4 Å². The van der Waals surface area contributed by atoms with Crippen LogP contribution in [0.3, 0.4) is 0 Å². The molecule has 1 atom stereocenters. The number of phenolic OH excluding ortho intramolecular Hbond substituents is 1. The second-order valence-electron chi connectivity index (χ2n) is 6.07. The molecule has 0 aliphatic carbocycles. The summed E-state index contributed by atoms with van der Waals surface area (Å²) in [4.78, 5) is 12.3. The molecule has 0 radical (unpaired) electrons. The number of amides is 1. The fourth-order valence-electron chi connectivity index (χ4n) is 3.22. The molecule has 0 saturated carbocycles. The van der Waals surface area contributed by atoms with Crippen LogP contribution in [0.25, 0.3) is 5.69 Å². The van der Waals surface area contributed by atoms with E-state index in [0.29, 0.717) is 18.0 Å². The number of aromatic nitrogens is 2. The number of carbonyl (C=O) groups excluding carboxylic acids is 1. The maximum atomic E-state index is 12.3. The lowest BCUT2D eigenvalue weighted by molar-refractivity contribution is -0.116. The van der Waals surface area contributed by atoms with Crippen LogP contribution in [0.5, 0.6) is 11.5 Å². The van der Waals surface area contributed by atoms with Gasteiger partial charge in [0.1, 0.15) is 5.82 Å². The predicted octanol–water partition coefficient (Wildman–Crippen LogP) is 3.82. The molecule has 0 unspecified atom stereocenters. The third-order valence-corrected chi connectivity index (χ3v) is 5.03. The molecule has 2 aromatic carbocycles. The van der Waals surface area contributed by atoms with Crippen LogP contribution in [0.2, 0.25) is 0 Å². The molecule has 7 heteroatoms. The van der Waals surface area contributed by atoms with Crippen molar-refractivity contribution in [3.05, 3.63) is 64.3 Å². The van der Waals surface area contributed by atoms with Crippen LogP contribution in [0, 0.1) is 0 Å². The van der Waals surface area contributed by atoms with Crippen molar-refractivity contribution in [1.29, 1.82) is 0 Å². The highest BCUT2D eigenvalue weighted by Crippen LogP contribution is 2.40. The molecule has 4 rings (SSSR count). The van der Waals surface area contributed by atoms with E-state index in [-0.39, 0.29) is 17.6 Å². The van der Waals surface area contributed by atoms with Gasteiger partial charge in [-0.2, -0.15) is 5.10 Å². The minimum Gasteiger partial charge on any atom is -0.504 e. The fraction of sp³-hybridized carbons (Fsp3) is 0.158. The molecule has 132 valence electrons. The molecular weight excluding hydrogens is 398 g/mol. The Kier molecular flexibility index (Phi) is 4.16. The van der Waals surface area contributed by atoms with E-state index in [1.165, 1.54) is 7.11 Å². The number of nitrogens with zero attached hydrogens (tertiary/aromatic N) is 2. The average Bonchev–Trinajstić information content (AvgIpc) is 3.05. The van der Waals surface area contributed by atoms with E-state index < -0.39 is 0 Å². The number of hydrogen-bond acceptors (Lipinski definition) is 4. The number of rotatable bonds is 3. The first kappa shape index (κ1) is 16.7. The zero-order chi connectivity index (χ0) is 18.3. The number of phenols is 1. The molecule has 1 aliphatic rings. The molecule has 1 aromatic heterocycles. The Morgan fingerprint density at radius 1 is 1.27 bits per heavy atom. The Morgan fingerprint density at radius 2 is 2.04 bits per heavy atom. The fourth-order valence-corrected chi connectivity index (χ4v) is 3.48. The van der Waals surface area contributed by atoms with Gasteiger partial charge in [-0.1, -0.05) is 22.0 Å². The van der Waals surface area contributed by atoms with Crippen LogP contribution in [0.4, 0.5) is 5.82 Å². The van der Waals surface area contributed by atoms with Gasteiger partial charge in [0, 0.05) is 22.4 Å². The molecule has 0 fully saturated rings. The first-order valence-electron chi connectivity index (χ1n) is 8.07. The third-order valence-electron chi connectivity index (χ3n) is 4.50. The number of nitrogens with one attached hydrogen (secondary N) is 1. The van der Waals surface area contributed by atoms with Crippen LogP contribution >= 0.6 is 15.9 Å². The smallest absolute Gasteiger partial charge is 0.226 e. The number of halogens is 1. The van der Waals surface area contributed by atoms with Gasteiger partial charge in [0.15, 0.2) is 11.5 Å². The van der Waals surface area contributed by atoms with Crippen LogP contribution in [-0.2, 0) is 4.79 Å². The van der Waals surface area contributed by atoms with Gasteiger partial charge in [0.05, 0.1) is 19.0 Å². The van der Waals surface area contributed by atoms with Crippen molar-refractivity contribution in [2.45, 2.75) is 12.3 Å². The normalized spacial score (nSPS) is 16.1. The summed E-state index contributed by atoms with van der Waals surface area (Å²) >= 11 is 3.42. The molecule has 0 spiro atoms. The number of hydrogen-bond donors (Lipinski definition) is 2. The van der Waals surface area contributed by atoms with Gasteiger partial charge >= 0.3 is 0 Å². The second-order valence-corrected chi connectivity index (χ2v) is 6.99. The van der Waals surface area contributed by atoms with Crippen LogP contribution in [0.15, 0.2) is 53.1 Å². The maximum Gasteiger partial charge on any atom is 0.226 e. The van der Waals surface area contributed by atoms with E-state index in [1.54, 1.807) is 23.0 Å². The summed E-state index contributed by atoms with van der Waals surface area (Å²) in [5.74, 6) is 0.845. The van der Waals surface area contributed by atoms with E-state index in [1.807, 2.05) is 30.3 Å². The molecule has 1 aliphatic heterocycles. The first-order chi connectivity index (χ1) is 12.6. The van der Waals surface area contributed by atoms with Gasteiger partial charge in [-0.15, -0.1) is 0 Å². The van der Waals surface area contributed by atoms with E-state index in [9.17, 15) is 9.90 Å². The molecule has 3 aromatic rings. The summed E-state index contributed by atoms with van der Waals surface area (Å²) in [6, 6.07) is 12.9. The highest BCUT2D eigenvalue weighted by atomic mass is 79.9. The molecule has 1 amide bonds. The molecule has 2 heterocycles. The van der Waals surface area contributed by atoms with Crippen LogP contribution in [-0.4, -0.2) is 27.9 Å². The van der Waals surface area contributed by atoms with Crippen molar-refractivity contribution >= 4 is 27.7 Å². The lowest BCUT2D eigenvalue weighted by atomic mass is 9.87. The average molecular weight is 414 g/mol. The van der Waals surface area contributed by atoms with Gasteiger partial charge in [-0.25, -0.2) is 4.68 Å². The predicted molar refractivity (Wildman–Crippen MR) is 101 cm³/mol. The number of aromatic hydroxyl groups is 1. The number of benzene rings is 2. The van der Waals surface area contributed by atoms with Gasteiger partial charge in [0.25, 0.3) is 0 Å². The first-order valence-corrected chi connectivity index (χ1v) is 8.86. The van der Waals surface area contributed by atoms with Gasteiger partial charge in [0.2, 0.25) is 5.91 Å². The Bertz CT molecular complexity index is 982. The lowest BCUT2D eigenvalue weighted by Crippen LogP contribution is -2.24. The molecule has 0 saturated heterocycles. The molecule has 0 bridgehead atoms. The highest BCUT2D eigenvalue weighted by Gasteiger charge is 2.30. The monoisotopic (exact) mass is 413 g/mol. The van der Waals surface area contributed by atoms with E-state index in [2.05, 4.69) is 26.3 Å². The van der Waals surface area contributed by atoms with Gasteiger partial charge < -0.3 is 15.2 Å². The molecular formula is C19H16BrN3O3. The quantitative estimate of drug-likeness (QED) is 0.683. The number of ether oxygens (including phenoxy) is 1. The van der Waals surface area contributed by atoms with E-state index >= 15 is 0 Å². The highest BCUT2D eigenvalue weighted by molar-refractivity contribution is 9.10. The van der Waals surface area contributed by atoms with E-state index in [0.717, 1.165) is 21.3 Å². The summed E-state index contributed by atoms with van der Waals surface area (Å²) in [6.07, 6.45) is 2.06. The molecule has 6 nitrogen and oxygen atoms in total. The standard InChI is InChI=1S/C19H16BrN3O3/c1-26-17-7-2-11(8-16(17)24)14-9-18(25)22-19-15(14)10-21-23(19)13-5-3-12(20)4-6-13/h2-8,10,14,24H,9H2,1H3,(H,22,25)/t14-/m0/s1. The van der Waals surface area contributed by atoms with Crippen molar-refractivity contribution in [3.8, 4) is 17.2 Å². The molecule has 2 N–H and O–H groups in total. The second kappa shape index (κ2) is 6.49. The van der Waals surface area contributed by atoms with Crippen LogP contribution < -0.4 is 10.1 Å². The summed E-state index contributed by atoms with van der Waals surface area (Å²) in [5, 5.41) is 17.5. The van der Waals surface area contributed by atoms with Crippen molar-refractivity contribution in [3.63, 3.8) is 0 Å². The zero-order valence-corrected chi connectivity index (χ0v) is 15.5.